The van der Waals surface area contributed by atoms with Gasteiger partial charge in [0, 0.05) is 5.41 Å². The van der Waals surface area contributed by atoms with E-state index < -0.39 is 0 Å². The molecule has 1 saturated heterocycles. The van der Waals surface area contributed by atoms with Crippen molar-refractivity contribution < 1.29 is 4.39 Å². The number of nitrogens with one attached hydrogen (secondary N) is 1. The van der Waals surface area contributed by atoms with Gasteiger partial charge in [-0.2, -0.15) is 0 Å². The van der Waals surface area contributed by atoms with E-state index in [0.29, 0.717) is 5.92 Å². The average molecular weight is 221 g/mol. The van der Waals surface area contributed by atoms with E-state index in [9.17, 15) is 4.39 Å². The van der Waals surface area contributed by atoms with Crippen LogP contribution >= 0.6 is 0 Å². The molecular formula is C14H20FN. The number of hydrogen-bond acceptors (Lipinski definition) is 1. The van der Waals surface area contributed by atoms with Crippen molar-refractivity contribution in [2.45, 2.75) is 32.1 Å². The zero-order valence-electron chi connectivity index (χ0n) is 10.1. The molecule has 16 heavy (non-hydrogen) atoms. The second kappa shape index (κ2) is 4.54. The Balaban J connectivity index is 2.38. The molecule has 1 nitrogen and oxygen atoms in total. The van der Waals surface area contributed by atoms with Gasteiger partial charge in [-0.1, -0.05) is 26.0 Å². The van der Waals surface area contributed by atoms with Gasteiger partial charge >= 0.3 is 0 Å². The highest BCUT2D eigenvalue weighted by Crippen LogP contribution is 2.40. The van der Waals surface area contributed by atoms with Crippen molar-refractivity contribution >= 4 is 0 Å². The van der Waals surface area contributed by atoms with Gasteiger partial charge in [0.25, 0.3) is 0 Å². The van der Waals surface area contributed by atoms with E-state index in [1.165, 1.54) is 11.6 Å². The number of rotatable bonds is 2. The molecule has 0 amide bonds. The molecule has 0 spiro atoms. The maximum Gasteiger partial charge on any atom is 0.123 e. The van der Waals surface area contributed by atoms with Crippen LogP contribution in [0.5, 0.6) is 0 Å². The smallest absolute Gasteiger partial charge is 0.123 e. The monoisotopic (exact) mass is 221 g/mol. The van der Waals surface area contributed by atoms with E-state index >= 15 is 0 Å². The van der Waals surface area contributed by atoms with Crippen LogP contribution in [0, 0.1) is 11.7 Å². The van der Waals surface area contributed by atoms with Crippen LogP contribution in [-0.4, -0.2) is 13.1 Å². The summed E-state index contributed by atoms with van der Waals surface area (Å²) < 4.78 is 13.3. The summed E-state index contributed by atoms with van der Waals surface area (Å²) in [6, 6.07) is 7.15. The molecule has 0 saturated carbocycles. The zero-order valence-corrected chi connectivity index (χ0v) is 10.1. The van der Waals surface area contributed by atoms with Crippen LogP contribution in [0.1, 0.15) is 32.3 Å². The van der Waals surface area contributed by atoms with Crippen LogP contribution in [0.2, 0.25) is 0 Å². The lowest BCUT2D eigenvalue weighted by atomic mass is 9.66. The van der Waals surface area contributed by atoms with Crippen molar-refractivity contribution in [3.05, 3.63) is 35.6 Å². The molecule has 1 N–H and O–H groups in total. The molecular weight excluding hydrogens is 201 g/mol. The molecule has 0 aromatic heterocycles. The van der Waals surface area contributed by atoms with Gasteiger partial charge < -0.3 is 5.32 Å². The first-order chi connectivity index (χ1) is 7.65. The zero-order chi connectivity index (χ0) is 11.6. The number of benzene rings is 1. The normalized spacial score (nSPS) is 20.0. The first-order valence-electron chi connectivity index (χ1n) is 6.12. The second-order valence-corrected chi connectivity index (χ2v) is 5.07. The van der Waals surface area contributed by atoms with Gasteiger partial charge in [-0.05, 0) is 49.5 Å². The summed E-state index contributed by atoms with van der Waals surface area (Å²) >= 11 is 0. The van der Waals surface area contributed by atoms with Gasteiger partial charge in [0.15, 0.2) is 0 Å². The van der Waals surface area contributed by atoms with Crippen LogP contribution in [0.4, 0.5) is 4.39 Å². The first kappa shape index (κ1) is 11.6. The van der Waals surface area contributed by atoms with Gasteiger partial charge in [-0.25, -0.2) is 4.39 Å². The molecule has 88 valence electrons. The van der Waals surface area contributed by atoms with Crippen molar-refractivity contribution in [1.82, 2.24) is 5.32 Å². The van der Waals surface area contributed by atoms with Crippen LogP contribution in [0.3, 0.4) is 0 Å². The Morgan fingerprint density at radius 3 is 2.50 bits per heavy atom. The van der Waals surface area contributed by atoms with E-state index in [-0.39, 0.29) is 11.2 Å². The quantitative estimate of drug-likeness (QED) is 0.809. The van der Waals surface area contributed by atoms with E-state index in [2.05, 4.69) is 25.2 Å². The van der Waals surface area contributed by atoms with Gasteiger partial charge in [-0.3, -0.25) is 0 Å². The highest BCUT2D eigenvalue weighted by Gasteiger charge is 2.36. The van der Waals surface area contributed by atoms with Crippen molar-refractivity contribution in [2.24, 2.45) is 5.92 Å². The number of hydrogen-bond donors (Lipinski definition) is 1. The summed E-state index contributed by atoms with van der Waals surface area (Å²) in [5.74, 6) is 0.437. The van der Waals surface area contributed by atoms with E-state index in [0.717, 1.165) is 25.9 Å². The van der Waals surface area contributed by atoms with Gasteiger partial charge in [-0.15, -0.1) is 0 Å². The molecule has 0 unspecified atom stereocenters. The molecule has 1 aliphatic rings. The number of piperidine rings is 1. The molecule has 0 aliphatic carbocycles. The molecule has 0 radical (unpaired) electrons. The Morgan fingerprint density at radius 1 is 1.25 bits per heavy atom. The fourth-order valence-electron chi connectivity index (χ4n) is 2.87. The Kier molecular flexibility index (Phi) is 3.29. The minimum atomic E-state index is -0.115. The second-order valence-electron chi connectivity index (χ2n) is 5.07. The van der Waals surface area contributed by atoms with E-state index in [1.807, 2.05) is 6.07 Å². The summed E-state index contributed by atoms with van der Waals surface area (Å²) in [5, 5.41) is 3.38. The van der Waals surface area contributed by atoms with Gasteiger partial charge in [0.05, 0.1) is 0 Å². The molecule has 2 rings (SSSR count). The highest BCUT2D eigenvalue weighted by molar-refractivity contribution is 5.27. The lowest BCUT2D eigenvalue weighted by molar-refractivity contribution is 0.227. The summed E-state index contributed by atoms with van der Waals surface area (Å²) in [5.41, 5.74) is 1.33. The minimum absolute atomic E-state index is 0.115. The molecule has 1 aliphatic heterocycles. The van der Waals surface area contributed by atoms with Crippen molar-refractivity contribution in [3.63, 3.8) is 0 Å². The molecule has 0 bridgehead atoms. The lowest BCUT2D eigenvalue weighted by Gasteiger charge is -2.42. The van der Waals surface area contributed by atoms with E-state index in [1.54, 1.807) is 6.07 Å². The third-order valence-electron chi connectivity index (χ3n) is 4.00. The standard InChI is InChI=1S/C14H20FN/c1-11(2)14(6-8-16-9-7-14)12-4-3-5-13(15)10-12/h3-5,10-11,16H,6-9H2,1-2H3. The first-order valence-corrected chi connectivity index (χ1v) is 6.12. The number of halogens is 1. The Morgan fingerprint density at radius 2 is 1.94 bits per heavy atom. The molecule has 0 atom stereocenters. The molecule has 1 fully saturated rings. The largest absolute Gasteiger partial charge is 0.317 e. The van der Waals surface area contributed by atoms with Crippen LogP contribution in [-0.2, 0) is 5.41 Å². The SMILES string of the molecule is CC(C)C1(c2cccc(F)c2)CCNCC1. The molecule has 1 heterocycles. The van der Waals surface area contributed by atoms with Gasteiger partial charge in [0.1, 0.15) is 5.82 Å². The topological polar surface area (TPSA) is 12.0 Å². The van der Waals surface area contributed by atoms with E-state index in [4.69, 9.17) is 0 Å². The predicted octanol–water partition coefficient (Wildman–Crippen LogP) is 3.10. The third-order valence-corrected chi connectivity index (χ3v) is 4.00. The minimum Gasteiger partial charge on any atom is -0.317 e. The molecule has 1 aromatic rings. The summed E-state index contributed by atoms with van der Waals surface area (Å²) in [4.78, 5) is 0. The maximum absolute atomic E-state index is 13.3. The summed E-state index contributed by atoms with van der Waals surface area (Å²) in [6.45, 7) is 6.57. The average Bonchev–Trinajstić information content (AvgIpc) is 2.30. The van der Waals surface area contributed by atoms with Crippen LogP contribution < -0.4 is 5.32 Å². The molecule has 2 heteroatoms. The fraction of sp³-hybridized carbons (Fsp3) is 0.571. The maximum atomic E-state index is 13.3. The predicted molar refractivity (Wildman–Crippen MR) is 65.0 cm³/mol. The van der Waals surface area contributed by atoms with Gasteiger partial charge in [0.2, 0.25) is 0 Å². The highest BCUT2D eigenvalue weighted by atomic mass is 19.1. The van der Waals surface area contributed by atoms with Crippen molar-refractivity contribution in [3.8, 4) is 0 Å². The molecule has 1 aromatic carbocycles. The fourth-order valence-corrected chi connectivity index (χ4v) is 2.87. The van der Waals surface area contributed by atoms with Crippen LogP contribution in [0.25, 0.3) is 0 Å². The Labute approximate surface area is 97.1 Å². The summed E-state index contributed by atoms with van der Waals surface area (Å²) in [7, 11) is 0. The lowest BCUT2D eigenvalue weighted by Crippen LogP contribution is -2.43. The third kappa shape index (κ3) is 1.99. The summed E-state index contributed by atoms with van der Waals surface area (Å²) in [6.07, 6.45) is 2.21. The Hall–Kier alpha value is -0.890. The van der Waals surface area contributed by atoms with Crippen molar-refractivity contribution in [2.75, 3.05) is 13.1 Å². The Bertz CT molecular complexity index is 354. The van der Waals surface area contributed by atoms with Crippen LogP contribution in [0.15, 0.2) is 24.3 Å². The van der Waals surface area contributed by atoms with Crippen molar-refractivity contribution in [1.29, 1.82) is 0 Å².